The summed E-state index contributed by atoms with van der Waals surface area (Å²) in [4.78, 5) is 12.0. The van der Waals surface area contributed by atoms with Gasteiger partial charge in [0.1, 0.15) is 17.5 Å². The van der Waals surface area contributed by atoms with Crippen molar-refractivity contribution in [2.24, 2.45) is 0 Å². The molecule has 98 valence electrons. The summed E-state index contributed by atoms with van der Waals surface area (Å²) in [6, 6.07) is 6.87. The van der Waals surface area contributed by atoms with Crippen LogP contribution in [0.3, 0.4) is 0 Å². The highest BCUT2D eigenvalue weighted by Crippen LogP contribution is 2.33. The fourth-order valence-corrected chi connectivity index (χ4v) is 2.52. The topological polar surface area (TPSA) is 17.1 Å². The molecule has 0 bridgehead atoms. The molecule has 0 aliphatic heterocycles. The zero-order valence-corrected chi connectivity index (χ0v) is 10.7. The third-order valence-electron chi connectivity index (χ3n) is 2.43. The smallest absolute Gasteiger partial charge is 0.161 e. The van der Waals surface area contributed by atoms with E-state index in [1.807, 2.05) is 0 Å². The molecule has 0 saturated heterocycles. The Morgan fingerprint density at radius 3 is 2.11 bits per heavy atom. The van der Waals surface area contributed by atoms with Gasteiger partial charge in [0.05, 0.1) is 0 Å². The average molecular weight is 282 g/mol. The fraction of sp³-hybridized carbons (Fsp3) is 0.0714. The first-order valence-electron chi connectivity index (χ1n) is 5.41. The summed E-state index contributed by atoms with van der Waals surface area (Å²) < 4.78 is 39.4. The second-order valence-corrected chi connectivity index (χ2v) is 4.96. The molecule has 0 radical (unpaired) electrons. The van der Waals surface area contributed by atoms with Crippen LogP contribution in [0.25, 0.3) is 0 Å². The summed E-state index contributed by atoms with van der Waals surface area (Å²) in [6.45, 7) is 1.31. The fourth-order valence-electron chi connectivity index (χ4n) is 1.54. The largest absolute Gasteiger partial charge is 0.294 e. The van der Waals surface area contributed by atoms with Crippen LogP contribution in [0.5, 0.6) is 0 Å². The van der Waals surface area contributed by atoms with Gasteiger partial charge in [0.2, 0.25) is 0 Å². The summed E-state index contributed by atoms with van der Waals surface area (Å²) in [7, 11) is 0. The number of ketones is 1. The Hall–Kier alpha value is -1.75. The van der Waals surface area contributed by atoms with E-state index in [1.165, 1.54) is 25.1 Å². The molecule has 0 aliphatic rings. The molecule has 0 fully saturated rings. The number of Topliss-reactive ketones (excluding diaryl/α,β-unsaturated/α-hetero) is 1. The van der Waals surface area contributed by atoms with Crippen molar-refractivity contribution in [1.29, 1.82) is 0 Å². The molecule has 0 amide bonds. The van der Waals surface area contributed by atoms with Crippen LogP contribution in [-0.4, -0.2) is 5.78 Å². The van der Waals surface area contributed by atoms with Gasteiger partial charge in [-0.15, -0.1) is 0 Å². The van der Waals surface area contributed by atoms with Crippen LogP contribution in [0.15, 0.2) is 46.2 Å². The van der Waals surface area contributed by atoms with Gasteiger partial charge < -0.3 is 0 Å². The molecular weight excluding hydrogens is 273 g/mol. The SMILES string of the molecule is CC(=O)c1cc(F)ccc1Sc1ccc(F)cc1F. The first kappa shape index (κ1) is 13.7. The highest BCUT2D eigenvalue weighted by molar-refractivity contribution is 7.99. The van der Waals surface area contributed by atoms with E-state index >= 15 is 0 Å². The van der Waals surface area contributed by atoms with E-state index in [9.17, 15) is 18.0 Å². The lowest BCUT2D eigenvalue weighted by Gasteiger charge is -2.07. The number of benzene rings is 2. The van der Waals surface area contributed by atoms with Gasteiger partial charge in [0.15, 0.2) is 5.78 Å². The van der Waals surface area contributed by atoms with Crippen LogP contribution in [0, 0.1) is 17.5 Å². The van der Waals surface area contributed by atoms with Crippen LogP contribution < -0.4 is 0 Å². The molecular formula is C14H9F3OS. The predicted molar refractivity (Wildman–Crippen MR) is 66.9 cm³/mol. The normalized spacial score (nSPS) is 10.5. The Kier molecular flexibility index (Phi) is 3.95. The highest BCUT2D eigenvalue weighted by atomic mass is 32.2. The van der Waals surface area contributed by atoms with E-state index < -0.39 is 17.5 Å². The van der Waals surface area contributed by atoms with Gasteiger partial charge in [-0.2, -0.15) is 0 Å². The lowest BCUT2D eigenvalue weighted by atomic mass is 10.1. The van der Waals surface area contributed by atoms with Crippen molar-refractivity contribution >= 4 is 17.5 Å². The van der Waals surface area contributed by atoms with Gasteiger partial charge in [-0.3, -0.25) is 4.79 Å². The van der Waals surface area contributed by atoms with Crippen molar-refractivity contribution in [3.8, 4) is 0 Å². The Morgan fingerprint density at radius 1 is 0.947 bits per heavy atom. The van der Waals surface area contributed by atoms with Gasteiger partial charge in [-0.05, 0) is 37.3 Å². The van der Waals surface area contributed by atoms with Crippen LogP contribution in [0.4, 0.5) is 13.2 Å². The Labute approximate surface area is 112 Å². The first-order chi connectivity index (χ1) is 8.97. The monoisotopic (exact) mass is 282 g/mol. The van der Waals surface area contributed by atoms with Gasteiger partial charge in [0.25, 0.3) is 0 Å². The Bertz CT molecular complexity index is 641. The summed E-state index contributed by atoms with van der Waals surface area (Å²) in [5, 5.41) is 0. The van der Waals surface area contributed by atoms with E-state index in [0.29, 0.717) is 4.90 Å². The van der Waals surface area contributed by atoms with Crippen LogP contribution in [-0.2, 0) is 0 Å². The number of halogens is 3. The second kappa shape index (κ2) is 5.48. The zero-order valence-electron chi connectivity index (χ0n) is 9.91. The van der Waals surface area contributed by atoms with Crippen molar-refractivity contribution in [2.45, 2.75) is 16.7 Å². The number of carbonyl (C=O) groups excluding carboxylic acids is 1. The molecule has 0 atom stereocenters. The quantitative estimate of drug-likeness (QED) is 0.773. The van der Waals surface area contributed by atoms with Gasteiger partial charge in [-0.25, -0.2) is 13.2 Å². The molecule has 0 spiro atoms. The van der Waals surface area contributed by atoms with Crippen LogP contribution in [0.2, 0.25) is 0 Å². The van der Waals surface area contributed by atoms with Gasteiger partial charge in [-0.1, -0.05) is 11.8 Å². The zero-order chi connectivity index (χ0) is 14.0. The molecule has 0 N–H and O–H groups in total. The van der Waals surface area contributed by atoms with Crippen molar-refractivity contribution in [1.82, 2.24) is 0 Å². The van der Waals surface area contributed by atoms with E-state index in [0.717, 1.165) is 30.0 Å². The van der Waals surface area contributed by atoms with Gasteiger partial charge in [0, 0.05) is 21.4 Å². The van der Waals surface area contributed by atoms with Crippen molar-refractivity contribution in [2.75, 3.05) is 0 Å². The molecule has 0 saturated carbocycles. The minimum atomic E-state index is -0.719. The third-order valence-corrected chi connectivity index (χ3v) is 3.56. The summed E-state index contributed by atoms with van der Waals surface area (Å²) >= 11 is 0.957. The molecule has 0 heterocycles. The van der Waals surface area contributed by atoms with Crippen molar-refractivity contribution in [3.05, 3.63) is 59.4 Å². The van der Waals surface area contributed by atoms with E-state index in [2.05, 4.69) is 0 Å². The molecule has 0 aromatic heterocycles. The number of hydrogen-bond acceptors (Lipinski definition) is 2. The first-order valence-corrected chi connectivity index (χ1v) is 6.22. The number of carbonyl (C=O) groups is 1. The summed E-state index contributed by atoms with van der Waals surface area (Å²) in [6.07, 6.45) is 0. The highest BCUT2D eigenvalue weighted by Gasteiger charge is 2.12. The molecule has 0 unspecified atom stereocenters. The molecule has 0 aliphatic carbocycles. The summed E-state index contributed by atoms with van der Waals surface area (Å²) in [5.74, 6) is -2.24. The van der Waals surface area contributed by atoms with E-state index in [4.69, 9.17) is 0 Å². The minimum Gasteiger partial charge on any atom is -0.294 e. The second-order valence-electron chi connectivity index (χ2n) is 3.87. The van der Waals surface area contributed by atoms with Crippen molar-refractivity contribution in [3.63, 3.8) is 0 Å². The predicted octanol–water partition coefficient (Wildman–Crippen LogP) is 4.46. The maximum atomic E-state index is 13.5. The van der Waals surface area contributed by atoms with Gasteiger partial charge >= 0.3 is 0 Å². The third kappa shape index (κ3) is 3.17. The Balaban J connectivity index is 2.40. The van der Waals surface area contributed by atoms with Crippen LogP contribution >= 0.6 is 11.8 Å². The maximum Gasteiger partial charge on any atom is 0.161 e. The molecule has 2 rings (SSSR count). The van der Waals surface area contributed by atoms with Crippen molar-refractivity contribution < 1.29 is 18.0 Å². The molecule has 1 nitrogen and oxygen atoms in total. The average Bonchev–Trinajstić information content (AvgIpc) is 2.34. The maximum absolute atomic E-state index is 13.5. The summed E-state index contributed by atoms with van der Waals surface area (Å²) in [5.41, 5.74) is 0.175. The molecule has 5 heteroatoms. The van der Waals surface area contributed by atoms with Crippen LogP contribution in [0.1, 0.15) is 17.3 Å². The lowest BCUT2D eigenvalue weighted by molar-refractivity contribution is 0.101. The van der Waals surface area contributed by atoms with E-state index in [-0.39, 0.29) is 16.2 Å². The molecule has 2 aromatic rings. The standard InChI is InChI=1S/C14H9F3OS/c1-8(18)11-6-9(15)2-4-13(11)19-14-5-3-10(16)7-12(14)17/h2-7H,1H3. The Morgan fingerprint density at radius 2 is 1.53 bits per heavy atom. The lowest BCUT2D eigenvalue weighted by Crippen LogP contribution is -1.96. The number of rotatable bonds is 3. The molecule has 19 heavy (non-hydrogen) atoms. The minimum absolute atomic E-state index is 0.175. The molecule has 2 aromatic carbocycles. The van der Waals surface area contributed by atoms with E-state index in [1.54, 1.807) is 0 Å². The number of hydrogen-bond donors (Lipinski definition) is 0.